The van der Waals surface area contributed by atoms with E-state index < -0.39 is 5.91 Å². The number of hydrogen-bond donors (Lipinski definition) is 2. The molecule has 2 N–H and O–H groups in total. The van der Waals surface area contributed by atoms with Gasteiger partial charge in [0, 0.05) is 50.4 Å². The minimum atomic E-state index is -0.598. The third-order valence-electron chi connectivity index (χ3n) is 5.14. The first-order valence-electron chi connectivity index (χ1n) is 10.0. The van der Waals surface area contributed by atoms with Gasteiger partial charge >= 0.3 is 0 Å². The zero-order valence-corrected chi connectivity index (χ0v) is 18.5. The highest BCUT2D eigenvalue weighted by molar-refractivity contribution is 6.07. The Balaban J connectivity index is 0.00000363. The SMILES string of the molecule is CC(=O)N1CCN(c2ccc(C(=O)C=Cc3ccc(C=CC(=O)NO)cc3)cc2)CC1.Cl. The maximum Gasteiger partial charge on any atom is 0.267 e. The van der Waals surface area contributed by atoms with Crippen molar-refractivity contribution in [2.24, 2.45) is 0 Å². The average Bonchev–Trinajstić information content (AvgIpc) is 2.81. The standard InChI is InChI=1S/C24H25N3O4.ClH/c1-18(28)26-14-16-27(17-15-26)22-10-8-21(9-11-22)23(29)12-6-19-2-4-20(5-3-19)7-13-24(30)25-31;/h2-13,31H,14-17H2,1H3,(H,25,30);1H. The number of carbonyl (C=O) groups excluding carboxylic acids is 3. The molecule has 0 atom stereocenters. The van der Waals surface area contributed by atoms with Crippen molar-refractivity contribution in [3.8, 4) is 0 Å². The molecule has 32 heavy (non-hydrogen) atoms. The normalized spacial score (nSPS) is 13.8. The molecular formula is C24H26ClN3O4. The van der Waals surface area contributed by atoms with Crippen LogP contribution in [-0.4, -0.2) is 53.9 Å². The van der Waals surface area contributed by atoms with Crippen molar-refractivity contribution in [2.75, 3.05) is 31.1 Å². The van der Waals surface area contributed by atoms with E-state index in [-0.39, 0.29) is 24.1 Å². The molecule has 2 amide bonds. The summed E-state index contributed by atoms with van der Waals surface area (Å²) in [6.45, 7) is 4.57. The maximum absolute atomic E-state index is 12.5. The number of halogens is 1. The Bertz CT molecular complexity index is 993. The maximum atomic E-state index is 12.5. The van der Waals surface area contributed by atoms with Gasteiger partial charge in [-0.05, 0) is 47.5 Å². The first-order valence-corrected chi connectivity index (χ1v) is 10.0. The van der Waals surface area contributed by atoms with Crippen LogP contribution in [0.5, 0.6) is 0 Å². The summed E-state index contributed by atoms with van der Waals surface area (Å²) in [5.74, 6) is -0.581. The van der Waals surface area contributed by atoms with Crippen molar-refractivity contribution in [3.05, 3.63) is 77.4 Å². The minimum Gasteiger partial charge on any atom is -0.368 e. The van der Waals surface area contributed by atoms with Gasteiger partial charge in [0.15, 0.2) is 5.78 Å². The van der Waals surface area contributed by atoms with Crippen LogP contribution in [0.1, 0.15) is 28.4 Å². The smallest absolute Gasteiger partial charge is 0.267 e. The monoisotopic (exact) mass is 455 g/mol. The van der Waals surface area contributed by atoms with Gasteiger partial charge in [-0.2, -0.15) is 0 Å². The largest absolute Gasteiger partial charge is 0.368 e. The van der Waals surface area contributed by atoms with Crippen LogP contribution in [0, 0.1) is 0 Å². The van der Waals surface area contributed by atoms with Gasteiger partial charge in [-0.3, -0.25) is 19.6 Å². The summed E-state index contributed by atoms with van der Waals surface area (Å²) in [7, 11) is 0. The number of anilines is 1. The minimum absolute atomic E-state index is 0. The van der Waals surface area contributed by atoms with Crippen molar-refractivity contribution in [3.63, 3.8) is 0 Å². The molecule has 1 aliphatic rings. The number of nitrogens with one attached hydrogen (secondary N) is 1. The zero-order valence-electron chi connectivity index (χ0n) is 17.7. The molecule has 1 saturated heterocycles. The number of carbonyl (C=O) groups is 3. The quantitative estimate of drug-likeness (QED) is 0.302. The average molecular weight is 456 g/mol. The van der Waals surface area contributed by atoms with Gasteiger partial charge in [0.05, 0.1) is 0 Å². The number of nitrogens with zero attached hydrogens (tertiary/aromatic N) is 2. The van der Waals surface area contributed by atoms with E-state index in [2.05, 4.69) is 4.90 Å². The third kappa shape index (κ3) is 6.80. The van der Waals surface area contributed by atoms with Crippen molar-refractivity contribution in [1.82, 2.24) is 10.4 Å². The van der Waals surface area contributed by atoms with Gasteiger partial charge in [0.1, 0.15) is 0 Å². The van der Waals surface area contributed by atoms with Crippen LogP contribution in [0.2, 0.25) is 0 Å². The molecule has 0 aliphatic carbocycles. The van der Waals surface area contributed by atoms with Gasteiger partial charge in [0.2, 0.25) is 5.91 Å². The van der Waals surface area contributed by atoms with Crippen LogP contribution in [0.3, 0.4) is 0 Å². The van der Waals surface area contributed by atoms with Gasteiger partial charge in [-0.25, -0.2) is 5.48 Å². The number of ketones is 1. The second-order valence-corrected chi connectivity index (χ2v) is 7.21. The molecule has 3 rings (SSSR count). The van der Waals surface area contributed by atoms with Gasteiger partial charge in [-0.15, -0.1) is 12.4 Å². The van der Waals surface area contributed by atoms with E-state index in [9.17, 15) is 14.4 Å². The lowest BCUT2D eigenvalue weighted by molar-refractivity contribution is -0.129. The van der Waals surface area contributed by atoms with Crippen LogP contribution in [-0.2, 0) is 9.59 Å². The fraction of sp³-hybridized carbons (Fsp3) is 0.208. The Kier molecular flexibility index (Phi) is 9.19. The summed E-state index contributed by atoms with van der Waals surface area (Å²) < 4.78 is 0. The molecule has 0 radical (unpaired) electrons. The first-order chi connectivity index (χ1) is 15.0. The molecule has 2 aromatic carbocycles. The molecule has 1 fully saturated rings. The molecule has 0 aromatic heterocycles. The Morgan fingerprint density at radius 3 is 1.88 bits per heavy atom. The molecule has 0 bridgehead atoms. The molecule has 0 saturated carbocycles. The van der Waals surface area contributed by atoms with E-state index in [0.29, 0.717) is 18.7 Å². The number of benzene rings is 2. The number of amides is 2. The summed E-state index contributed by atoms with van der Waals surface area (Å²) in [5.41, 5.74) is 4.84. The topological polar surface area (TPSA) is 90.0 Å². The molecule has 0 unspecified atom stereocenters. The number of rotatable bonds is 6. The van der Waals surface area contributed by atoms with Crippen molar-refractivity contribution in [2.45, 2.75) is 6.92 Å². The summed E-state index contributed by atoms with van der Waals surface area (Å²) in [6.07, 6.45) is 6.07. The lowest BCUT2D eigenvalue weighted by Gasteiger charge is -2.35. The highest BCUT2D eigenvalue weighted by Crippen LogP contribution is 2.18. The fourth-order valence-corrected chi connectivity index (χ4v) is 3.31. The summed E-state index contributed by atoms with van der Waals surface area (Å²) in [6, 6.07) is 14.8. The lowest BCUT2D eigenvalue weighted by atomic mass is 10.1. The number of allylic oxidation sites excluding steroid dienone is 1. The second-order valence-electron chi connectivity index (χ2n) is 7.21. The van der Waals surface area contributed by atoms with Crippen LogP contribution >= 0.6 is 12.4 Å². The van der Waals surface area contributed by atoms with Crippen LogP contribution < -0.4 is 10.4 Å². The van der Waals surface area contributed by atoms with Crippen molar-refractivity contribution in [1.29, 1.82) is 0 Å². The van der Waals surface area contributed by atoms with Crippen LogP contribution in [0.25, 0.3) is 12.2 Å². The highest BCUT2D eigenvalue weighted by Gasteiger charge is 2.18. The fourth-order valence-electron chi connectivity index (χ4n) is 3.31. The second kappa shape index (κ2) is 11.8. The summed E-state index contributed by atoms with van der Waals surface area (Å²) >= 11 is 0. The Morgan fingerprint density at radius 1 is 0.844 bits per heavy atom. The molecule has 168 valence electrons. The van der Waals surface area contributed by atoms with E-state index in [4.69, 9.17) is 5.21 Å². The molecule has 0 spiro atoms. The van der Waals surface area contributed by atoms with E-state index in [1.54, 1.807) is 19.1 Å². The summed E-state index contributed by atoms with van der Waals surface area (Å²) in [5, 5.41) is 8.47. The first kappa shape index (κ1) is 24.8. The van der Waals surface area contributed by atoms with Gasteiger partial charge in [0.25, 0.3) is 5.91 Å². The molecule has 1 aliphatic heterocycles. The van der Waals surface area contributed by atoms with E-state index in [1.807, 2.05) is 53.4 Å². The number of hydroxylamine groups is 1. The zero-order chi connectivity index (χ0) is 22.2. The molecule has 7 nitrogen and oxygen atoms in total. The van der Waals surface area contributed by atoms with Crippen LogP contribution in [0.4, 0.5) is 5.69 Å². The lowest BCUT2D eigenvalue weighted by Crippen LogP contribution is -2.48. The van der Waals surface area contributed by atoms with Crippen molar-refractivity contribution < 1.29 is 19.6 Å². The van der Waals surface area contributed by atoms with E-state index >= 15 is 0 Å². The molecule has 1 heterocycles. The van der Waals surface area contributed by atoms with Gasteiger partial charge < -0.3 is 9.80 Å². The highest BCUT2D eigenvalue weighted by atomic mass is 35.5. The van der Waals surface area contributed by atoms with Crippen LogP contribution in [0.15, 0.2) is 60.7 Å². The Labute approximate surface area is 193 Å². The predicted molar refractivity (Wildman–Crippen MR) is 127 cm³/mol. The molecular weight excluding hydrogens is 430 g/mol. The molecule has 2 aromatic rings. The van der Waals surface area contributed by atoms with E-state index in [1.165, 1.54) is 17.6 Å². The molecule has 8 heteroatoms. The predicted octanol–water partition coefficient (Wildman–Crippen LogP) is 3.19. The Morgan fingerprint density at radius 2 is 1.38 bits per heavy atom. The summed E-state index contributed by atoms with van der Waals surface area (Å²) in [4.78, 5) is 39.0. The number of piperazine rings is 1. The van der Waals surface area contributed by atoms with Gasteiger partial charge in [-0.1, -0.05) is 30.3 Å². The number of hydrogen-bond acceptors (Lipinski definition) is 5. The van der Waals surface area contributed by atoms with E-state index in [0.717, 1.165) is 29.9 Å². The van der Waals surface area contributed by atoms with Crippen molar-refractivity contribution >= 4 is 47.8 Å². The Hall–Kier alpha value is -3.42. The third-order valence-corrected chi connectivity index (χ3v) is 5.14.